The Hall–Kier alpha value is -2.54. The number of aromatic nitrogens is 4. The summed E-state index contributed by atoms with van der Waals surface area (Å²) in [7, 11) is 1.82. The quantitative estimate of drug-likeness (QED) is 0.807. The summed E-state index contributed by atoms with van der Waals surface area (Å²) in [6, 6.07) is 7.48. The Morgan fingerprint density at radius 3 is 2.77 bits per heavy atom. The van der Waals surface area contributed by atoms with Crippen LogP contribution in [0, 0.1) is 13.8 Å². The van der Waals surface area contributed by atoms with E-state index < -0.39 is 0 Å². The Kier molecular flexibility index (Phi) is 3.72. The molecule has 0 saturated heterocycles. The molecule has 0 bridgehead atoms. The first-order chi connectivity index (χ1) is 10.5. The van der Waals surface area contributed by atoms with E-state index in [-0.39, 0.29) is 5.91 Å². The fourth-order valence-corrected chi connectivity index (χ4v) is 2.91. The lowest BCUT2D eigenvalue weighted by Crippen LogP contribution is -2.13. The molecule has 0 atom stereocenters. The first-order valence-electron chi connectivity index (χ1n) is 6.75. The monoisotopic (exact) mass is 313 g/mol. The van der Waals surface area contributed by atoms with Gasteiger partial charge in [0.05, 0.1) is 11.3 Å². The third kappa shape index (κ3) is 2.75. The van der Waals surface area contributed by atoms with Crippen LogP contribution < -0.4 is 5.32 Å². The number of carbonyl (C=O) groups is 1. The zero-order chi connectivity index (χ0) is 15.7. The molecule has 1 N–H and O–H groups in total. The fourth-order valence-electron chi connectivity index (χ4n) is 2.21. The third-order valence-corrected chi connectivity index (χ3v) is 4.08. The number of hydrogen-bond donors (Lipinski definition) is 1. The fraction of sp³-hybridized carbons (Fsp3) is 0.200. The minimum atomic E-state index is -0.144. The third-order valence-electron chi connectivity index (χ3n) is 3.24. The van der Waals surface area contributed by atoms with Crippen LogP contribution in [0.3, 0.4) is 0 Å². The lowest BCUT2D eigenvalue weighted by atomic mass is 10.1. The number of hydrogen-bond acceptors (Lipinski definition) is 5. The molecule has 3 aromatic rings. The predicted octanol–water partition coefficient (Wildman–Crippen LogP) is 2.81. The lowest BCUT2D eigenvalue weighted by Gasteiger charge is -2.06. The molecular formula is C15H15N5OS. The second-order valence-electron chi connectivity index (χ2n) is 4.98. The number of nitrogens with one attached hydrogen (secondary N) is 1. The van der Waals surface area contributed by atoms with E-state index >= 15 is 0 Å². The molecule has 0 saturated carbocycles. The Morgan fingerprint density at radius 1 is 1.32 bits per heavy atom. The Labute approximate surface area is 132 Å². The van der Waals surface area contributed by atoms with Gasteiger partial charge in [-0.2, -0.15) is 9.47 Å². The molecule has 2 aromatic heterocycles. The molecule has 6 nitrogen and oxygen atoms in total. The maximum Gasteiger partial charge on any atom is 0.258 e. The minimum Gasteiger partial charge on any atom is -0.322 e. The molecule has 0 aliphatic carbocycles. The van der Waals surface area contributed by atoms with Gasteiger partial charge in [-0.3, -0.25) is 9.48 Å². The number of anilines is 1. The van der Waals surface area contributed by atoms with Crippen molar-refractivity contribution in [1.82, 2.24) is 19.1 Å². The predicted molar refractivity (Wildman–Crippen MR) is 86.0 cm³/mol. The van der Waals surface area contributed by atoms with E-state index in [1.807, 2.05) is 45.2 Å². The SMILES string of the molecule is Cc1nsc(C)c1C(=O)Nc1cccc(-c2ncn(C)n2)c1. The lowest BCUT2D eigenvalue weighted by molar-refractivity contribution is 0.102. The highest BCUT2D eigenvalue weighted by atomic mass is 32.1. The van der Waals surface area contributed by atoms with Gasteiger partial charge in [-0.15, -0.1) is 0 Å². The smallest absolute Gasteiger partial charge is 0.258 e. The molecule has 0 aliphatic rings. The number of nitrogens with zero attached hydrogens (tertiary/aromatic N) is 4. The van der Waals surface area contributed by atoms with Crippen LogP contribution >= 0.6 is 11.5 Å². The van der Waals surface area contributed by atoms with Gasteiger partial charge in [0.25, 0.3) is 5.91 Å². The van der Waals surface area contributed by atoms with Crippen molar-refractivity contribution in [3.8, 4) is 11.4 Å². The van der Waals surface area contributed by atoms with Crippen LogP contribution in [0.25, 0.3) is 11.4 Å². The number of rotatable bonds is 3. The van der Waals surface area contributed by atoms with Gasteiger partial charge in [0.2, 0.25) is 0 Å². The number of benzene rings is 1. The molecule has 112 valence electrons. The van der Waals surface area contributed by atoms with Crippen LogP contribution in [0.2, 0.25) is 0 Å². The van der Waals surface area contributed by atoms with E-state index in [1.54, 1.807) is 11.0 Å². The molecule has 1 amide bonds. The van der Waals surface area contributed by atoms with Gasteiger partial charge in [0.15, 0.2) is 5.82 Å². The van der Waals surface area contributed by atoms with E-state index in [2.05, 4.69) is 19.8 Å². The highest BCUT2D eigenvalue weighted by Gasteiger charge is 2.16. The first-order valence-corrected chi connectivity index (χ1v) is 7.52. The standard InChI is InChI=1S/C15H15N5OS/c1-9-13(10(2)22-19-9)15(21)17-12-6-4-5-11(7-12)14-16-8-20(3)18-14/h4-8H,1-3H3,(H,17,21). The van der Waals surface area contributed by atoms with E-state index in [0.29, 0.717) is 17.1 Å². The van der Waals surface area contributed by atoms with Crippen LogP contribution in [0.15, 0.2) is 30.6 Å². The Morgan fingerprint density at radius 2 is 2.14 bits per heavy atom. The van der Waals surface area contributed by atoms with Gasteiger partial charge >= 0.3 is 0 Å². The van der Waals surface area contributed by atoms with E-state index in [4.69, 9.17) is 0 Å². The molecule has 22 heavy (non-hydrogen) atoms. The van der Waals surface area contributed by atoms with Gasteiger partial charge in [0, 0.05) is 23.2 Å². The van der Waals surface area contributed by atoms with E-state index in [1.165, 1.54) is 11.5 Å². The van der Waals surface area contributed by atoms with E-state index in [9.17, 15) is 4.79 Å². The van der Waals surface area contributed by atoms with Crippen molar-refractivity contribution >= 4 is 23.1 Å². The summed E-state index contributed by atoms with van der Waals surface area (Å²) in [6.07, 6.45) is 1.64. The largest absolute Gasteiger partial charge is 0.322 e. The van der Waals surface area contributed by atoms with Crippen molar-refractivity contribution in [3.05, 3.63) is 46.7 Å². The summed E-state index contributed by atoms with van der Waals surface area (Å²) < 4.78 is 5.85. The van der Waals surface area contributed by atoms with Gasteiger partial charge in [-0.25, -0.2) is 4.98 Å². The average molecular weight is 313 g/mol. The summed E-state index contributed by atoms with van der Waals surface area (Å²) in [5, 5.41) is 7.17. The summed E-state index contributed by atoms with van der Waals surface area (Å²) in [5.74, 6) is 0.484. The molecule has 0 radical (unpaired) electrons. The molecule has 0 fully saturated rings. The van der Waals surface area contributed by atoms with Gasteiger partial charge in [-0.1, -0.05) is 12.1 Å². The Bertz CT molecular complexity index is 817. The average Bonchev–Trinajstić information content (AvgIpc) is 3.05. The molecule has 1 aromatic carbocycles. The highest BCUT2D eigenvalue weighted by molar-refractivity contribution is 7.06. The van der Waals surface area contributed by atoms with Crippen molar-refractivity contribution in [1.29, 1.82) is 0 Å². The molecule has 2 heterocycles. The van der Waals surface area contributed by atoms with Crippen LogP contribution in [0.1, 0.15) is 20.9 Å². The Balaban J connectivity index is 1.86. The van der Waals surface area contributed by atoms with Crippen LogP contribution in [-0.2, 0) is 7.05 Å². The second-order valence-corrected chi connectivity index (χ2v) is 5.95. The second kappa shape index (κ2) is 5.69. The van der Waals surface area contributed by atoms with Crippen molar-refractivity contribution < 1.29 is 4.79 Å². The van der Waals surface area contributed by atoms with Crippen LogP contribution in [0.4, 0.5) is 5.69 Å². The van der Waals surface area contributed by atoms with Crippen molar-refractivity contribution in [2.75, 3.05) is 5.32 Å². The molecule has 0 aliphatic heterocycles. The normalized spacial score (nSPS) is 10.7. The van der Waals surface area contributed by atoms with Crippen molar-refractivity contribution in [2.45, 2.75) is 13.8 Å². The number of aryl methyl sites for hydroxylation is 3. The van der Waals surface area contributed by atoms with Crippen LogP contribution in [0.5, 0.6) is 0 Å². The molecule has 0 spiro atoms. The van der Waals surface area contributed by atoms with E-state index in [0.717, 1.165) is 16.1 Å². The van der Waals surface area contributed by atoms with Gasteiger partial charge in [0.1, 0.15) is 6.33 Å². The van der Waals surface area contributed by atoms with Gasteiger partial charge in [-0.05, 0) is 37.5 Å². The zero-order valence-electron chi connectivity index (χ0n) is 12.5. The summed E-state index contributed by atoms with van der Waals surface area (Å²) in [6.45, 7) is 3.74. The highest BCUT2D eigenvalue weighted by Crippen LogP contribution is 2.22. The molecule has 7 heteroatoms. The minimum absolute atomic E-state index is 0.144. The number of amides is 1. The maximum atomic E-state index is 12.4. The zero-order valence-corrected chi connectivity index (χ0v) is 13.3. The summed E-state index contributed by atoms with van der Waals surface area (Å²) >= 11 is 1.34. The molecule has 3 rings (SSSR count). The molecule has 0 unspecified atom stereocenters. The molecular weight excluding hydrogens is 298 g/mol. The van der Waals surface area contributed by atoms with Gasteiger partial charge < -0.3 is 5.32 Å². The summed E-state index contributed by atoms with van der Waals surface area (Å²) in [5.41, 5.74) is 2.96. The topological polar surface area (TPSA) is 72.7 Å². The first kappa shape index (κ1) is 14.4. The van der Waals surface area contributed by atoms with Crippen molar-refractivity contribution in [3.63, 3.8) is 0 Å². The van der Waals surface area contributed by atoms with Crippen LogP contribution in [-0.4, -0.2) is 25.0 Å². The summed E-state index contributed by atoms with van der Waals surface area (Å²) in [4.78, 5) is 17.5. The maximum absolute atomic E-state index is 12.4. The number of carbonyl (C=O) groups excluding carboxylic acids is 1. The van der Waals surface area contributed by atoms with Crippen molar-refractivity contribution in [2.24, 2.45) is 7.05 Å².